The van der Waals surface area contributed by atoms with Crippen LogP contribution in [0.1, 0.15) is 18.4 Å². The lowest BCUT2D eigenvalue weighted by molar-refractivity contribution is 0.768. The lowest BCUT2D eigenvalue weighted by Crippen LogP contribution is -1.86. The van der Waals surface area contributed by atoms with Crippen molar-refractivity contribution in [2.45, 2.75) is 19.8 Å². The first-order valence-electron chi connectivity index (χ1n) is 4.95. The Balaban J connectivity index is 2.35. The number of hydrogen-bond acceptors (Lipinski definition) is 4. The highest BCUT2D eigenvalue weighted by Gasteiger charge is 2.11. The molecule has 2 N–H and O–H groups in total. The van der Waals surface area contributed by atoms with E-state index >= 15 is 0 Å². The first kappa shape index (κ1) is 10.2. The fourth-order valence-electron chi connectivity index (χ4n) is 1.45. The highest BCUT2D eigenvalue weighted by molar-refractivity contribution is 7.16. The lowest BCUT2D eigenvalue weighted by atomic mass is 10.3. The smallest absolute Gasteiger partial charge is 0.114 e. The van der Waals surface area contributed by atoms with Gasteiger partial charge in [-0.15, -0.1) is 11.3 Å². The zero-order valence-electron chi connectivity index (χ0n) is 8.90. The van der Waals surface area contributed by atoms with Crippen molar-refractivity contribution < 1.29 is 0 Å². The van der Waals surface area contributed by atoms with Crippen LogP contribution in [-0.2, 0) is 13.5 Å². The molecule has 0 amide bonds. The molecule has 5 heteroatoms. The Hall–Kier alpha value is -1.36. The maximum absolute atomic E-state index is 5.93. The standard InChI is InChI=1S/C10H14N4S/c1-3-4-8-13-9(10(11)15-8)7-5-12-14(2)6-7/h5-6H,3-4,11H2,1-2H3. The van der Waals surface area contributed by atoms with Crippen molar-refractivity contribution in [3.63, 3.8) is 0 Å². The van der Waals surface area contributed by atoms with Crippen molar-refractivity contribution in [1.29, 1.82) is 0 Å². The minimum absolute atomic E-state index is 0.784. The molecule has 2 aromatic rings. The van der Waals surface area contributed by atoms with Crippen LogP contribution in [0.15, 0.2) is 12.4 Å². The van der Waals surface area contributed by atoms with Crippen LogP contribution >= 0.6 is 11.3 Å². The molecule has 2 heterocycles. The number of hydrogen-bond donors (Lipinski definition) is 1. The van der Waals surface area contributed by atoms with E-state index in [1.807, 2.05) is 13.2 Å². The molecule has 0 aliphatic carbocycles. The van der Waals surface area contributed by atoms with E-state index < -0.39 is 0 Å². The van der Waals surface area contributed by atoms with Crippen LogP contribution in [0.4, 0.5) is 5.00 Å². The van der Waals surface area contributed by atoms with E-state index in [1.54, 1.807) is 22.2 Å². The molecule has 0 radical (unpaired) electrons. The Morgan fingerprint density at radius 1 is 1.53 bits per heavy atom. The average Bonchev–Trinajstić information content (AvgIpc) is 2.73. The summed E-state index contributed by atoms with van der Waals surface area (Å²) in [6, 6.07) is 0. The molecular weight excluding hydrogens is 208 g/mol. The molecule has 0 aliphatic rings. The summed E-state index contributed by atoms with van der Waals surface area (Å²) in [5, 5.41) is 6.00. The summed E-state index contributed by atoms with van der Waals surface area (Å²) in [5.41, 5.74) is 7.80. The van der Waals surface area contributed by atoms with Gasteiger partial charge in [0, 0.05) is 18.8 Å². The Morgan fingerprint density at radius 3 is 2.93 bits per heavy atom. The van der Waals surface area contributed by atoms with Gasteiger partial charge in [-0.25, -0.2) is 4.98 Å². The molecule has 0 unspecified atom stereocenters. The van der Waals surface area contributed by atoms with Crippen LogP contribution in [0.3, 0.4) is 0 Å². The maximum atomic E-state index is 5.93. The van der Waals surface area contributed by atoms with Gasteiger partial charge in [-0.3, -0.25) is 4.68 Å². The molecule has 0 saturated carbocycles. The van der Waals surface area contributed by atoms with Crippen LogP contribution < -0.4 is 5.73 Å². The Labute approximate surface area is 92.8 Å². The maximum Gasteiger partial charge on any atom is 0.114 e. The zero-order chi connectivity index (χ0) is 10.8. The van der Waals surface area contributed by atoms with Crippen LogP contribution in [0.5, 0.6) is 0 Å². The molecule has 0 atom stereocenters. The summed E-state index contributed by atoms with van der Waals surface area (Å²) in [5.74, 6) is 0. The van der Waals surface area contributed by atoms with Gasteiger partial charge in [-0.05, 0) is 12.8 Å². The Morgan fingerprint density at radius 2 is 2.33 bits per heavy atom. The van der Waals surface area contributed by atoms with E-state index in [1.165, 1.54) is 0 Å². The second-order valence-corrected chi connectivity index (χ2v) is 4.59. The van der Waals surface area contributed by atoms with Gasteiger partial charge in [0.05, 0.1) is 11.2 Å². The predicted molar refractivity (Wildman–Crippen MR) is 62.7 cm³/mol. The van der Waals surface area contributed by atoms with Gasteiger partial charge in [-0.1, -0.05) is 6.92 Å². The summed E-state index contributed by atoms with van der Waals surface area (Å²) in [4.78, 5) is 4.52. The quantitative estimate of drug-likeness (QED) is 0.865. The van der Waals surface area contributed by atoms with Gasteiger partial charge >= 0.3 is 0 Å². The average molecular weight is 222 g/mol. The minimum atomic E-state index is 0.784. The van der Waals surface area contributed by atoms with Gasteiger partial charge in [-0.2, -0.15) is 5.10 Å². The van der Waals surface area contributed by atoms with E-state index in [2.05, 4.69) is 17.0 Å². The summed E-state index contributed by atoms with van der Waals surface area (Å²) >= 11 is 1.57. The van der Waals surface area contributed by atoms with E-state index in [9.17, 15) is 0 Å². The predicted octanol–water partition coefficient (Wildman–Crippen LogP) is 2.08. The number of aryl methyl sites for hydroxylation is 2. The van der Waals surface area contributed by atoms with Gasteiger partial charge < -0.3 is 5.73 Å². The molecular formula is C10H14N4S. The monoisotopic (exact) mass is 222 g/mol. The summed E-state index contributed by atoms with van der Waals surface area (Å²) in [7, 11) is 1.89. The van der Waals surface area contributed by atoms with E-state index in [0.717, 1.165) is 34.1 Å². The third-order valence-electron chi connectivity index (χ3n) is 2.14. The normalized spacial score (nSPS) is 10.8. The SMILES string of the molecule is CCCc1nc(-c2cnn(C)c2)c(N)s1. The number of thiazole rings is 1. The highest BCUT2D eigenvalue weighted by Crippen LogP contribution is 2.30. The second kappa shape index (κ2) is 4.02. The Kier molecular flexibility index (Phi) is 2.73. The topological polar surface area (TPSA) is 56.7 Å². The van der Waals surface area contributed by atoms with Crippen molar-refractivity contribution >= 4 is 16.3 Å². The van der Waals surface area contributed by atoms with Gasteiger partial charge in [0.1, 0.15) is 10.7 Å². The van der Waals surface area contributed by atoms with Crippen molar-refractivity contribution in [2.75, 3.05) is 5.73 Å². The van der Waals surface area contributed by atoms with E-state index in [-0.39, 0.29) is 0 Å². The summed E-state index contributed by atoms with van der Waals surface area (Å²) in [6.07, 6.45) is 5.82. The first-order chi connectivity index (χ1) is 7.20. The molecule has 15 heavy (non-hydrogen) atoms. The molecule has 0 spiro atoms. The molecule has 80 valence electrons. The van der Waals surface area contributed by atoms with Crippen LogP contribution in [0, 0.1) is 0 Å². The second-order valence-electron chi connectivity index (χ2n) is 3.47. The summed E-state index contributed by atoms with van der Waals surface area (Å²) in [6.45, 7) is 2.14. The largest absolute Gasteiger partial charge is 0.389 e. The van der Waals surface area contributed by atoms with Gasteiger partial charge in [0.15, 0.2) is 0 Å². The molecule has 2 aromatic heterocycles. The first-order valence-corrected chi connectivity index (χ1v) is 5.76. The fourth-order valence-corrected chi connectivity index (χ4v) is 2.41. The molecule has 2 rings (SSSR count). The van der Waals surface area contributed by atoms with Crippen molar-refractivity contribution in [3.05, 3.63) is 17.4 Å². The molecule has 0 fully saturated rings. The van der Waals surface area contributed by atoms with E-state index in [4.69, 9.17) is 5.73 Å². The number of anilines is 1. The summed E-state index contributed by atoms with van der Waals surface area (Å²) < 4.78 is 1.76. The van der Waals surface area contributed by atoms with Crippen molar-refractivity contribution in [3.8, 4) is 11.3 Å². The third kappa shape index (κ3) is 2.02. The lowest BCUT2D eigenvalue weighted by Gasteiger charge is -1.91. The van der Waals surface area contributed by atoms with Crippen LogP contribution in [-0.4, -0.2) is 14.8 Å². The van der Waals surface area contributed by atoms with Crippen molar-refractivity contribution in [1.82, 2.24) is 14.8 Å². The fraction of sp³-hybridized carbons (Fsp3) is 0.400. The van der Waals surface area contributed by atoms with Crippen LogP contribution in [0.25, 0.3) is 11.3 Å². The number of nitrogens with zero attached hydrogens (tertiary/aromatic N) is 3. The minimum Gasteiger partial charge on any atom is -0.389 e. The van der Waals surface area contributed by atoms with Crippen LogP contribution in [0.2, 0.25) is 0 Å². The van der Waals surface area contributed by atoms with Gasteiger partial charge in [0.2, 0.25) is 0 Å². The van der Waals surface area contributed by atoms with Gasteiger partial charge in [0.25, 0.3) is 0 Å². The van der Waals surface area contributed by atoms with Crippen molar-refractivity contribution in [2.24, 2.45) is 7.05 Å². The molecule has 0 aliphatic heterocycles. The van der Waals surface area contributed by atoms with E-state index in [0.29, 0.717) is 0 Å². The third-order valence-corrected chi connectivity index (χ3v) is 3.08. The Bertz CT molecular complexity index is 458. The highest BCUT2D eigenvalue weighted by atomic mass is 32.1. The number of nitrogens with two attached hydrogens (primary N) is 1. The molecule has 4 nitrogen and oxygen atoms in total. The zero-order valence-corrected chi connectivity index (χ0v) is 9.71. The molecule has 0 saturated heterocycles. The molecule has 0 bridgehead atoms. The number of nitrogen functional groups attached to an aromatic ring is 1. The number of aromatic nitrogens is 3. The molecule has 0 aromatic carbocycles. The number of rotatable bonds is 3.